The third kappa shape index (κ3) is 4.86. The molecule has 0 radical (unpaired) electrons. The van der Waals surface area contributed by atoms with Crippen molar-refractivity contribution >= 4 is 21.9 Å². The Bertz CT molecular complexity index is 698. The molecule has 0 atom stereocenters. The number of carbonyl (C=O) groups excluding carboxylic acids is 1. The zero-order valence-electron chi connectivity index (χ0n) is 13.5. The molecule has 0 saturated heterocycles. The maximum Gasteiger partial charge on any atom is 0.338 e. The molecular formula is C19H19BrO4. The van der Waals surface area contributed by atoms with Gasteiger partial charge in [-0.2, -0.15) is 0 Å². The molecule has 0 aliphatic carbocycles. The third-order valence-corrected chi connectivity index (χ3v) is 3.69. The zero-order valence-corrected chi connectivity index (χ0v) is 15.0. The van der Waals surface area contributed by atoms with Gasteiger partial charge in [0.25, 0.3) is 0 Å². The van der Waals surface area contributed by atoms with Gasteiger partial charge in [-0.05, 0) is 40.5 Å². The van der Waals surface area contributed by atoms with E-state index in [9.17, 15) is 4.79 Å². The molecule has 0 N–H and O–H groups in total. The molecule has 0 amide bonds. The number of rotatable bonds is 8. The first-order valence-electron chi connectivity index (χ1n) is 7.56. The van der Waals surface area contributed by atoms with E-state index in [4.69, 9.17) is 14.2 Å². The van der Waals surface area contributed by atoms with Crippen molar-refractivity contribution in [3.63, 3.8) is 0 Å². The van der Waals surface area contributed by atoms with Crippen LogP contribution in [0.2, 0.25) is 0 Å². The molecule has 5 heteroatoms. The van der Waals surface area contributed by atoms with Crippen LogP contribution >= 0.6 is 15.9 Å². The van der Waals surface area contributed by atoms with Gasteiger partial charge >= 0.3 is 5.97 Å². The summed E-state index contributed by atoms with van der Waals surface area (Å²) in [4.78, 5) is 12.0. The van der Waals surface area contributed by atoms with Crippen molar-refractivity contribution in [2.75, 3.05) is 13.2 Å². The highest BCUT2D eigenvalue weighted by molar-refractivity contribution is 9.10. The number of carbonyl (C=O) groups is 1. The van der Waals surface area contributed by atoms with Crippen molar-refractivity contribution in [2.24, 2.45) is 0 Å². The van der Waals surface area contributed by atoms with Crippen LogP contribution in [-0.4, -0.2) is 19.2 Å². The molecule has 2 aromatic rings. The molecule has 2 rings (SSSR count). The van der Waals surface area contributed by atoms with Crippen molar-refractivity contribution in [3.8, 4) is 11.5 Å². The average molecular weight is 391 g/mol. The first-order valence-corrected chi connectivity index (χ1v) is 8.36. The second kappa shape index (κ2) is 9.13. The van der Waals surface area contributed by atoms with Gasteiger partial charge in [0.15, 0.2) is 11.5 Å². The standard InChI is InChI=1S/C19H19BrO4/c1-3-10-23-19(21)15-11-16(20)18(17(12-15)22-4-2)24-13-14-8-6-5-7-9-14/h3,5-9,11-12H,1,4,10,13H2,2H3. The Balaban J connectivity index is 2.23. The van der Waals surface area contributed by atoms with E-state index in [1.165, 1.54) is 6.08 Å². The van der Waals surface area contributed by atoms with Crippen molar-refractivity contribution in [2.45, 2.75) is 13.5 Å². The number of hydrogen-bond acceptors (Lipinski definition) is 4. The molecule has 0 saturated carbocycles. The molecule has 0 heterocycles. The second-order valence-corrected chi connectivity index (χ2v) is 5.73. The highest BCUT2D eigenvalue weighted by Gasteiger charge is 2.17. The van der Waals surface area contributed by atoms with Crippen molar-refractivity contribution in [1.29, 1.82) is 0 Å². The summed E-state index contributed by atoms with van der Waals surface area (Å²) in [7, 11) is 0. The summed E-state index contributed by atoms with van der Waals surface area (Å²) < 4.78 is 17.2. The number of halogens is 1. The molecule has 0 aromatic heterocycles. The Labute approximate surface area is 150 Å². The van der Waals surface area contributed by atoms with Gasteiger partial charge in [-0.1, -0.05) is 43.0 Å². The summed E-state index contributed by atoms with van der Waals surface area (Å²) >= 11 is 3.45. The monoisotopic (exact) mass is 390 g/mol. The summed E-state index contributed by atoms with van der Waals surface area (Å²) in [5, 5.41) is 0. The molecule has 2 aromatic carbocycles. The summed E-state index contributed by atoms with van der Waals surface area (Å²) in [5.41, 5.74) is 1.43. The van der Waals surface area contributed by atoms with Gasteiger partial charge in [0.1, 0.15) is 13.2 Å². The zero-order chi connectivity index (χ0) is 17.4. The lowest BCUT2D eigenvalue weighted by atomic mass is 10.2. The Kier molecular flexibility index (Phi) is 6.88. The van der Waals surface area contributed by atoms with Gasteiger partial charge in [0, 0.05) is 0 Å². The van der Waals surface area contributed by atoms with Crippen LogP contribution < -0.4 is 9.47 Å². The minimum absolute atomic E-state index is 0.159. The molecule has 0 spiro atoms. The maximum atomic E-state index is 12.0. The summed E-state index contributed by atoms with van der Waals surface area (Å²) in [6, 6.07) is 13.1. The predicted molar refractivity (Wildman–Crippen MR) is 96.6 cm³/mol. The minimum atomic E-state index is -0.439. The first-order chi connectivity index (χ1) is 11.7. The van der Waals surface area contributed by atoms with Crippen LogP contribution in [0.4, 0.5) is 0 Å². The molecule has 0 bridgehead atoms. The highest BCUT2D eigenvalue weighted by Crippen LogP contribution is 2.37. The average Bonchev–Trinajstić information content (AvgIpc) is 2.60. The van der Waals surface area contributed by atoms with E-state index in [2.05, 4.69) is 22.5 Å². The van der Waals surface area contributed by atoms with Gasteiger partial charge in [-0.25, -0.2) is 4.79 Å². The summed E-state index contributed by atoms with van der Waals surface area (Å²) in [6.45, 7) is 6.42. The van der Waals surface area contributed by atoms with E-state index in [0.29, 0.717) is 34.7 Å². The highest BCUT2D eigenvalue weighted by atomic mass is 79.9. The molecule has 0 unspecified atom stereocenters. The number of benzene rings is 2. The fraction of sp³-hybridized carbons (Fsp3) is 0.211. The van der Waals surface area contributed by atoms with Crippen LogP contribution in [0, 0.1) is 0 Å². The first kappa shape index (κ1) is 18.1. The lowest BCUT2D eigenvalue weighted by Crippen LogP contribution is -2.07. The van der Waals surface area contributed by atoms with E-state index in [-0.39, 0.29) is 6.61 Å². The lowest BCUT2D eigenvalue weighted by molar-refractivity contribution is 0.0549. The Morgan fingerprint density at radius 3 is 2.62 bits per heavy atom. The molecule has 0 aliphatic rings. The van der Waals surface area contributed by atoms with Crippen LogP contribution in [0.1, 0.15) is 22.8 Å². The van der Waals surface area contributed by atoms with Crippen molar-refractivity contribution < 1.29 is 19.0 Å². The van der Waals surface area contributed by atoms with Gasteiger partial charge in [0.05, 0.1) is 16.6 Å². The van der Waals surface area contributed by atoms with Gasteiger partial charge in [-0.3, -0.25) is 0 Å². The van der Waals surface area contributed by atoms with Crippen LogP contribution in [0.15, 0.2) is 59.6 Å². The molecule has 0 fully saturated rings. The van der Waals surface area contributed by atoms with Gasteiger partial charge < -0.3 is 14.2 Å². The quantitative estimate of drug-likeness (QED) is 0.480. The summed E-state index contributed by atoms with van der Waals surface area (Å²) in [6.07, 6.45) is 1.52. The van der Waals surface area contributed by atoms with E-state index in [0.717, 1.165) is 5.56 Å². The fourth-order valence-corrected chi connectivity index (χ4v) is 2.59. The Hall–Kier alpha value is -2.27. The second-order valence-electron chi connectivity index (χ2n) is 4.88. The van der Waals surface area contributed by atoms with Crippen molar-refractivity contribution in [3.05, 3.63) is 70.7 Å². The van der Waals surface area contributed by atoms with Crippen LogP contribution in [0.5, 0.6) is 11.5 Å². The number of esters is 1. The van der Waals surface area contributed by atoms with Gasteiger partial charge in [-0.15, -0.1) is 0 Å². The van der Waals surface area contributed by atoms with Crippen molar-refractivity contribution in [1.82, 2.24) is 0 Å². The summed E-state index contributed by atoms with van der Waals surface area (Å²) in [5.74, 6) is 0.612. The Morgan fingerprint density at radius 2 is 1.96 bits per heavy atom. The number of ether oxygens (including phenoxy) is 3. The third-order valence-electron chi connectivity index (χ3n) is 3.10. The molecular weight excluding hydrogens is 372 g/mol. The van der Waals surface area contributed by atoms with Crippen LogP contribution in [0.25, 0.3) is 0 Å². The minimum Gasteiger partial charge on any atom is -0.490 e. The SMILES string of the molecule is C=CCOC(=O)c1cc(Br)c(OCc2ccccc2)c(OCC)c1. The van der Waals surface area contributed by atoms with E-state index < -0.39 is 5.97 Å². The number of hydrogen-bond donors (Lipinski definition) is 0. The van der Waals surface area contributed by atoms with E-state index in [1.54, 1.807) is 12.1 Å². The van der Waals surface area contributed by atoms with E-state index >= 15 is 0 Å². The normalized spacial score (nSPS) is 10.1. The largest absolute Gasteiger partial charge is 0.490 e. The molecule has 126 valence electrons. The van der Waals surface area contributed by atoms with Crippen LogP contribution in [0.3, 0.4) is 0 Å². The topological polar surface area (TPSA) is 44.8 Å². The van der Waals surface area contributed by atoms with E-state index in [1.807, 2.05) is 37.3 Å². The molecule has 24 heavy (non-hydrogen) atoms. The Morgan fingerprint density at radius 1 is 1.21 bits per heavy atom. The molecule has 4 nitrogen and oxygen atoms in total. The fourth-order valence-electron chi connectivity index (χ4n) is 2.04. The molecule has 0 aliphatic heterocycles. The smallest absolute Gasteiger partial charge is 0.338 e. The van der Waals surface area contributed by atoms with Gasteiger partial charge in [0.2, 0.25) is 0 Å². The van der Waals surface area contributed by atoms with Crippen LogP contribution in [-0.2, 0) is 11.3 Å². The maximum absolute atomic E-state index is 12.0. The predicted octanol–water partition coefficient (Wildman–Crippen LogP) is 4.77. The lowest BCUT2D eigenvalue weighted by Gasteiger charge is -2.15.